The lowest BCUT2D eigenvalue weighted by molar-refractivity contribution is 0.967. The smallest absolute Gasteiger partial charge is 0.186 e. The van der Waals surface area contributed by atoms with Gasteiger partial charge in [0.2, 0.25) is 0 Å². The lowest BCUT2D eigenvalue weighted by Gasteiger charge is -2.13. The van der Waals surface area contributed by atoms with Crippen LogP contribution in [-0.2, 0) is 0 Å². The van der Waals surface area contributed by atoms with Crippen LogP contribution in [0.15, 0.2) is 69.7 Å². The topological polar surface area (TPSA) is 72.8 Å². The molecule has 0 aliphatic heterocycles. The second-order valence-corrected chi connectivity index (χ2v) is 6.55. The average Bonchev–Trinajstić information content (AvgIpc) is 2.71. The molecule has 0 aliphatic rings. The van der Waals surface area contributed by atoms with Crippen LogP contribution in [0.4, 0.5) is 0 Å². The van der Waals surface area contributed by atoms with Crippen molar-refractivity contribution in [1.29, 1.82) is 0 Å². The number of nitrogens with zero attached hydrogens (tertiary/aromatic N) is 2. The maximum Gasteiger partial charge on any atom is 0.186 e. The van der Waals surface area contributed by atoms with Crippen molar-refractivity contribution in [3.05, 3.63) is 65.7 Å². The summed E-state index contributed by atoms with van der Waals surface area (Å²) in [5.74, 6) is 0. The molecule has 0 heterocycles. The van der Waals surface area contributed by atoms with Crippen LogP contribution in [0.3, 0.4) is 0 Å². The van der Waals surface area contributed by atoms with Crippen LogP contribution in [-0.4, -0.2) is 35.7 Å². The zero-order valence-corrected chi connectivity index (χ0v) is 17.4. The summed E-state index contributed by atoms with van der Waals surface area (Å²) in [5, 5.41) is 15.4. The minimum absolute atomic E-state index is 0.393. The van der Waals surface area contributed by atoms with Gasteiger partial charge in [-0.25, -0.2) is 0 Å². The molecule has 0 saturated heterocycles. The van der Waals surface area contributed by atoms with Gasteiger partial charge in [0.1, 0.15) is 11.4 Å². The van der Waals surface area contributed by atoms with E-state index in [0.29, 0.717) is 21.6 Å². The highest BCUT2D eigenvalue weighted by atomic mass is 32.1. The predicted octanol–water partition coefficient (Wildman–Crippen LogP) is 2.27. The van der Waals surface area contributed by atoms with Crippen LogP contribution < -0.4 is 21.5 Å². The van der Waals surface area contributed by atoms with Crippen LogP contribution in [0.5, 0.6) is 0 Å². The Labute approximate surface area is 174 Å². The third kappa shape index (κ3) is 6.31. The Kier molecular flexibility index (Phi) is 8.18. The first-order valence-electron chi connectivity index (χ1n) is 8.01. The lowest BCUT2D eigenvalue weighted by Crippen LogP contribution is -2.33. The Balaban J connectivity index is 2.56. The summed E-state index contributed by atoms with van der Waals surface area (Å²) in [4.78, 5) is 0.851. The third-order valence-corrected chi connectivity index (χ3v) is 4.29. The van der Waals surface area contributed by atoms with Crippen molar-refractivity contribution in [3.8, 4) is 0 Å². The van der Waals surface area contributed by atoms with Crippen LogP contribution in [0.2, 0.25) is 0 Å². The van der Waals surface area contributed by atoms with E-state index in [2.05, 4.69) is 44.3 Å². The maximum absolute atomic E-state index is 5.14. The molecule has 6 nitrogen and oxygen atoms in total. The Hall–Kier alpha value is -2.49. The number of thiol groups is 1. The standard InChI is InChI=1S/C18H20N6S3/c1-19-17(26)23-21-15(12-6-4-3-5-7-12)16(22-24-18(27)20-2)13-8-10-14(25)11-9-13/h3-11,25H,1-2H3,(H2,19,23,26)(H2,20,24,27). The molecule has 4 N–H and O–H groups in total. The van der Waals surface area contributed by atoms with Crippen molar-refractivity contribution in [1.82, 2.24) is 21.5 Å². The Morgan fingerprint density at radius 3 is 1.63 bits per heavy atom. The highest BCUT2D eigenvalue weighted by Gasteiger charge is 2.16. The van der Waals surface area contributed by atoms with Crippen LogP contribution in [0.25, 0.3) is 0 Å². The fraction of sp³-hybridized carbons (Fsp3) is 0.111. The molecular formula is C18H20N6S3. The molecule has 0 saturated carbocycles. The summed E-state index contributed by atoms with van der Waals surface area (Å²) >= 11 is 14.6. The number of thiocarbonyl (C=S) groups is 2. The van der Waals surface area contributed by atoms with Crippen LogP contribution in [0, 0.1) is 0 Å². The van der Waals surface area contributed by atoms with Gasteiger partial charge in [-0.3, -0.25) is 10.9 Å². The molecular weight excluding hydrogens is 396 g/mol. The van der Waals surface area contributed by atoms with E-state index in [1.54, 1.807) is 14.1 Å². The Morgan fingerprint density at radius 1 is 0.741 bits per heavy atom. The van der Waals surface area contributed by atoms with E-state index in [0.717, 1.165) is 16.0 Å². The lowest BCUT2D eigenvalue weighted by atomic mass is 10.00. The monoisotopic (exact) mass is 416 g/mol. The number of rotatable bonds is 5. The summed E-state index contributed by atoms with van der Waals surface area (Å²) in [6, 6.07) is 17.3. The second kappa shape index (κ2) is 10.6. The molecule has 0 radical (unpaired) electrons. The summed E-state index contributed by atoms with van der Waals surface area (Å²) < 4.78 is 0. The van der Waals surface area contributed by atoms with E-state index in [9.17, 15) is 0 Å². The molecule has 0 atom stereocenters. The normalized spacial score (nSPS) is 11.5. The molecule has 2 aromatic rings. The van der Waals surface area contributed by atoms with Crippen molar-refractivity contribution < 1.29 is 0 Å². The number of hydrogen-bond acceptors (Lipinski definition) is 5. The molecule has 2 rings (SSSR count). The highest BCUT2D eigenvalue weighted by molar-refractivity contribution is 7.80. The minimum Gasteiger partial charge on any atom is -0.364 e. The molecule has 0 amide bonds. The SMILES string of the molecule is CNC(=S)NN=C(C(=NNC(=S)NC)c1ccc(S)cc1)c1ccccc1. The molecule has 2 aromatic carbocycles. The van der Waals surface area contributed by atoms with E-state index in [-0.39, 0.29) is 0 Å². The summed E-state index contributed by atoms with van der Waals surface area (Å²) in [6.45, 7) is 0. The van der Waals surface area contributed by atoms with Crippen molar-refractivity contribution in [2.75, 3.05) is 14.1 Å². The van der Waals surface area contributed by atoms with Gasteiger partial charge in [-0.1, -0.05) is 42.5 Å². The second-order valence-electron chi connectivity index (χ2n) is 5.22. The van der Waals surface area contributed by atoms with E-state index >= 15 is 0 Å². The first-order chi connectivity index (χ1) is 13.0. The molecule has 9 heteroatoms. The van der Waals surface area contributed by atoms with E-state index in [4.69, 9.17) is 24.4 Å². The zero-order chi connectivity index (χ0) is 19.6. The summed E-state index contributed by atoms with van der Waals surface area (Å²) in [6.07, 6.45) is 0. The van der Waals surface area contributed by atoms with Crippen molar-refractivity contribution in [3.63, 3.8) is 0 Å². The van der Waals surface area contributed by atoms with Gasteiger partial charge in [-0.05, 0) is 36.6 Å². The number of benzene rings is 2. The average molecular weight is 417 g/mol. The number of hydrazone groups is 2. The largest absolute Gasteiger partial charge is 0.364 e. The first-order valence-corrected chi connectivity index (χ1v) is 9.27. The predicted molar refractivity (Wildman–Crippen MR) is 123 cm³/mol. The van der Waals surface area contributed by atoms with Crippen molar-refractivity contribution in [2.45, 2.75) is 4.90 Å². The van der Waals surface area contributed by atoms with E-state index < -0.39 is 0 Å². The zero-order valence-electron chi connectivity index (χ0n) is 14.9. The quantitative estimate of drug-likeness (QED) is 0.223. The van der Waals surface area contributed by atoms with Crippen LogP contribution in [0.1, 0.15) is 11.1 Å². The van der Waals surface area contributed by atoms with Crippen molar-refractivity contribution >= 4 is 58.7 Å². The van der Waals surface area contributed by atoms with Gasteiger partial charge in [0.15, 0.2) is 10.2 Å². The summed E-state index contributed by atoms with van der Waals surface area (Å²) in [7, 11) is 3.44. The van der Waals surface area contributed by atoms with Gasteiger partial charge in [0, 0.05) is 30.1 Å². The maximum atomic E-state index is 5.14. The fourth-order valence-corrected chi connectivity index (χ4v) is 2.29. The molecule has 0 spiro atoms. The van der Waals surface area contributed by atoms with Gasteiger partial charge < -0.3 is 10.6 Å². The molecule has 0 aliphatic carbocycles. The van der Waals surface area contributed by atoms with Gasteiger partial charge in [0.25, 0.3) is 0 Å². The molecule has 0 bridgehead atoms. The third-order valence-electron chi connectivity index (χ3n) is 3.40. The van der Waals surface area contributed by atoms with E-state index in [1.165, 1.54) is 0 Å². The highest BCUT2D eigenvalue weighted by Crippen LogP contribution is 2.13. The fourth-order valence-electron chi connectivity index (χ4n) is 2.05. The molecule has 140 valence electrons. The summed E-state index contributed by atoms with van der Waals surface area (Å²) in [5.41, 5.74) is 8.58. The molecule has 0 fully saturated rings. The Bertz CT molecular complexity index is 847. The minimum atomic E-state index is 0.393. The van der Waals surface area contributed by atoms with Gasteiger partial charge in [-0.15, -0.1) is 12.6 Å². The van der Waals surface area contributed by atoms with E-state index in [1.807, 2.05) is 54.6 Å². The van der Waals surface area contributed by atoms with Crippen LogP contribution >= 0.6 is 37.1 Å². The molecule has 27 heavy (non-hydrogen) atoms. The van der Waals surface area contributed by atoms with Gasteiger partial charge in [0.05, 0.1) is 0 Å². The Morgan fingerprint density at radius 2 is 1.19 bits per heavy atom. The van der Waals surface area contributed by atoms with Crippen molar-refractivity contribution in [2.24, 2.45) is 10.2 Å². The molecule has 0 aromatic heterocycles. The molecule has 0 unspecified atom stereocenters. The number of nitrogens with one attached hydrogen (secondary N) is 4. The number of hydrogen-bond donors (Lipinski definition) is 5. The first kappa shape index (κ1) is 20.8. The van der Waals surface area contributed by atoms with Gasteiger partial charge in [-0.2, -0.15) is 10.2 Å². The van der Waals surface area contributed by atoms with Gasteiger partial charge >= 0.3 is 0 Å².